The summed E-state index contributed by atoms with van der Waals surface area (Å²) >= 11 is 0. The van der Waals surface area contributed by atoms with Gasteiger partial charge in [-0.25, -0.2) is 4.79 Å². The number of carbonyl (C=O) groups is 1. The maximum Gasteiger partial charge on any atom is 0.339 e. The Balaban J connectivity index is 1.48. The SMILES string of the molecule is CCN1CCc2ccc(NC(=O)CCc3c(C)c4ccc(OC)cc4oc3=O)cc21. The number of carbonyl (C=O) groups excluding carboxylic acids is 1. The summed E-state index contributed by atoms with van der Waals surface area (Å²) in [6.07, 6.45) is 1.58. The fourth-order valence-electron chi connectivity index (χ4n) is 4.10. The van der Waals surface area contributed by atoms with Gasteiger partial charge in [0.2, 0.25) is 5.91 Å². The van der Waals surface area contributed by atoms with Crippen LogP contribution in [0.5, 0.6) is 5.75 Å². The van der Waals surface area contributed by atoms with Gasteiger partial charge in [-0.2, -0.15) is 0 Å². The molecule has 0 atom stereocenters. The molecule has 6 nitrogen and oxygen atoms in total. The zero-order chi connectivity index (χ0) is 21.3. The number of rotatable bonds is 6. The third-order valence-corrected chi connectivity index (χ3v) is 5.84. The minimum Gasteiger partial charge on any atom is -0.497 e. The van der Waals surface area contributed by atoms with Gasteiger partial charge in [0.15, 0.2) is 0 Å². The van der Waals surface area contributed by atoms with Crippen molar-refractivity contribution in [3.8, 4) is 5.75 Å². The van der Waals surface area contributed by atoms with Crippen molar-refractivity contribution < 1.29 is 13.9 Å². The summed E-state index contributed by atoms with van der Waals surface area (Å²) < 4.78 is 10.7. The van der Waals surface area contributed by atoms with Crippen LogP contribution in [0.2, 0.25) is 0 Å². The first-order chi connectivity index (χ1) is 14.5. The second kappa shape index (κ2) is 8.22. The molecule has 1 amide bonds. The fourth-order valence-corrected chi connectivity index (χ4v) is 4.10. The molecule has 3 aromatic rings. The Morgan fingerprint density at radius 3 is 2.83 bits per heavy atom. The molecule has 2 aromatic carbocycles. The van der Waals surface area contributed by atoms with Gasteiger partial charge in [-0.05, 0) is 62.1 Å². The van der Waals surface area contributed by atoms with E-state index in [1.807, 2.05) is 31.2 Å². The number of hydrogen-bond acceptors (Lipinski definition) is 5. The number of benzene rings is 2. The maximum absolute atomic E-state index is 12.5. The molecule has 156 valence electrons. The van der Waals surface area contributed by atoms with Crippen molar-refractivity contribution in [1.29, 1.82) is 0 Å². The number of methoxy groups -OCH3 is 1. The lowest BCUT2D eigenvalue weighted by atomic mass is 10.0. The van der Waals surface area contributed by atoms with Crippen LogP contribution in [0.25, 0.3) is 11.0 Å². The molecule has 0 aliphatic carbocycles. The van der Waals surface area contributed by atoms with Crippen LogP contribution in [0.15, 0.2) is 45.6 Å². The number of ether oxygens (including phenoxy) is 1. The molecule has 0 radical (unpaired) electrons. The van der Waals surface area contributed by atoms with E-state index >= 15 is 0 Å². The summed E-state index contributed by atoms with van der Waals surface area (Å²) in [6.45, 7) is 5.99. The molecule has 30 heavy (non-hydrogen) atoms. The van der Waals surface area contributed by atoms with Crippen molar-refractivity contribution in [1.82, 2.24) is 0 Å². The molecule has 4 rings (SSSR count). The van der Waals surface area contributed by atoms with Gasteiger partial charge in [0.05, 0.1) is 7.11 Å². The predicted molar refractivity (Wildman–Crippen MR) is 119 cm³/mol. The molecule has 6 heteroatoms. The molecule has 2 heterocycles. The number of aryl methyl sites for hydroxylation is 1. The van der Waals surface area contributed by atoms with Crippen LogP contribution < -0.4 is 20.6 Å². The van der Waals surface area contributed by atoms with Crippen LogP contribution in [0.4, 0.5) is 11.4 Å². The Labute approximate surface area is 175 Å². The second-order valence-electron chi connectivity index (χ2n) is 7.58. The Morgan fingerprint density at radius 1 is 1.23 bits per heavy atom. The summed E-state index contributed by atoms with van der Waals surface area (Å²) in [7, 11) is 1.57. The van der Waals surface area contributed by atoms with Gasteiger partial charge in [0.25, 0.3) is 0 Å². The van der Waals surface area contributed by atoms with Crippen LogP contribution in [0.1, 0.15) is 30.0 Å². The first-order valence-corrected chi connectivity index (χ1v) is 10.3. The number of likely N-dealkylation sites (N-methyl/N-ethyl adjacent to an activating group) is 1. The van der Waals surface area contributed by atoms with Gasteiger partial charge in [-0.3, -0.25) is 4.79 Å². The largest absolute Gasteiger partial charge is 0.497 e. The number of fused-ring (bicyclic) bond motifs is 2. The molecule has 0 fully saturated rings. The van der Waals surface area contributed by atoms with E-state index in [1.165, 1.54) is 11.3 Å². The maximum atomic E-state index is 12.5. The molecular weight excluding hydrogens is 380 g/mol. The zero-order valence-electron chi connectivity index (χ0n) is 17.6. The summed E-state index contributed by atoms with van der Waals surface area (Å²) in [5.74, 6) is 0.512. The van der Waals surface area contributed by atoms with Gasteiger partial charge < -0.3 is 19.4 Å². The van der Waals surface area contributed by atoms with Crippen molar-refractivity contribution in [2.75, 3.05) is 30.4 Å². The number of nitrogens with one attached hydrogen (secondary N) is 1. The smallest absolute Gasteiger partial charge is 0.339 e. The third kappa shape index (κ3) is 3.77. The molecule has 0 saturated heterocycles. The van der Waals surface area contributed by atoms with E-state index in [-0.39, 0.29) is 12.3 Å². The Morgan fingerprint density at radius 2 is 2.07 bits per heavy atom. The number of anilines is 2. The normalized spacial score (nSPS) is 12.8. The van der Waals surface area contributed by atoms with Gasteiger partial charge in [0.1, 0.15) is 11.3 Å². The quantitative estimate of drug-likeness (QED) is 0.625. The van der Waals surface area contributed by atoms with Crippen molar-refractivity contribution in [2.24, 2.45) is 0 Å². The predicted octanol–water partition coefficient (Wildman–Crippen LogP) is 4.06. The van der Waals surface area contributed by atoms with E-state index in [0.717, 1.165) is 36.1 Å². The molecule has 1 aromatic heterocycles. The van der Waals surface area contributed by atoms with Crippen molar-refractivity contribution >= 4 is 28.3 Å². The van der Waals surface area contributed by atoms with Crippen molar-refractivity contribution in [3.63, 3.8) is 0 Å². The van der Waals surface area contributed by atoms with E-state index in [2.05, 4.69) is 23.2 Å². The summed E-state index contributed by atoms with van der Waals surface area (Å²) in [6, 6.07) is 11.5. The highest BCUT2D eigenvalue weighted by molar-refractivity contribution is 5.92. The van der Waals surface area contributed by atoms with Crippen molar-refractivity contribution in [3.05, 3.63) is 63.5 Å². The van der Waals surface area contributed by atoms with E-state index in [0.29, 0.717) is 23.3 Å². The molecule has 0 spiro atoms. The molecule has 0 unspecified atom stereocenters. The van der Waals surface area contributed by atoms with Crippen LogP contribution in [-0.2, 0) is 17.6 Å². The highest BCUT2D eigenvalue weighted by atomic mass is 16.5. The number of amides is 1. The van der Waals surface area contributed by atoms with E-state index in [4.69, 9.17) is 9.15 Å². The van der Waals surface area contributed by atoms with Crippen LogP contribution >= 0.6 is 0 Å². The summed E-state index contributed by atoms with van der Waals surface area (Å²) in [5, 5.41) is 3.81. The van der Waals surface area contributed by atoms with Crippen LogP contribution in [0.3, 0.4) is 0 Å². The molecule has 1 N–H and O–H groups in total. The Kier molecular flexibility index (Phi) is 5.48. The summed E-state index contributed by atoms with van der Waals surface area (Å²) in [5.41, 5.74) is 4.75. The van der Waals surface area contributed by atoms with Crippen LogP contribution in [-0.4, -0.2) is 26.1 Å². The summed E-state index contributed by atoms with van der Waals surface area (Å²) in [4.78, 5) is 27.3. The van der Waals surface area contributed by atoms with E-state index < -0.39 is 5.63 Å². The lowest BCUT2D eigenvalue weighted by Gasteiger charge is -2.17. The van der Waals surface area contributed by atoms with E-state index in [1.54, 1.807) is 13.2 Å². The lowest BCUT2D eigenvalue weighted by molar-refractivity contribution is -0.116. The average molecular weight is 406 g/mol. The van der Waals surface area contributed by atoms with Gasteiger partial charge in [0, 0.05) is 47.9 Å². The Bertz CT molecular complexity index is 1170. The highest BCUT2D eigenvalue weighted by Crippen LogP contribution is 2.30. The molecule has 0 bridgehead atoms. The monoisotopic (exact) mass is 406 g/mol. The number of hydrogen-bond donors (Lipinski definition) is 1. The van der Waals surface area contributed by atoms with Crippen LogP contribution in [0, 0.1) is 6.92 Å². The fraction of sp³-hybridized carbons (Fsp3) is 0.333. The second-order valence-corrected chi connectivity index (χ2v) is 7.58. The van der Waals surface area contributed by atoms with Gasteiger partial charge in [-0.15, -0.1) is 0 Å². The number of nitrogens with zero attached hydrogens (tertiary/aromatic N) is 1. The molecule has 1 aliphatic heterocycles. The third-order valence-electron chi connectivity index (χ3n) is 5.84. The highest BCUT2D eigenvalue weighted by Gasteiger charge is 2.18. The lowest BCUT2D eigenvalue weighted by Crippen LogP contribution is -2.19. The Hall–Kier alpha value is -3.28. The minimum absolute atomic E-state index is 0.121. The molecular formula is C24H26N2O4. The topological polar surface area (TPSA) is 71.8 Å². The van der Waals surface area contributed by atoms with Gasteiger partial charge >= 0.3 is 5.63 Å². The average Bonchev–Trinajstić information content (AvgIpc) is 3.15. The minimum atomic E-state index is -0.405. The van der Waals surface area contributed by atoms with E-state index in [9.17, 15) is 9.59 Å². The first kappa shape index (κ1) is 20.0. The van der Waals surface area contributed by atoms with Crippen molar-refractivity contribution in [2.45, 2.75) is 33.1 Å². The zero-order valence-corrected chi connectivity index (χ0v) is 17.6. The molecule has 0 saturated carbocycles. The molecule has 1 aliphatic rings. The van der Waals surface area contributed by atoms with Gasteiger partial charge in [-0.1, -0.05) is 6.07 Å². The first-order valence-electron chi connectivity index (χ1n) is 10.3. The standard InChI is InChI=1S/C24H26N2O4/c1-4-26-12-11-16-5-6-17(13-21(16)26)25-23(27)10-9-20-15(2)19-8-7-18(29-3)14-22(19)30-24(20)28/h5-8,13-14H,4,9-12H2,1-3H3,(H,25,27).